The van der Waals surface area contributed by atoms with Crippen molar-refractivity contribution < 1.29 is 24.5 Å². The third-order valence-electron chi connectivity index (χ3n) is 9.27. The number of likely N-dealkylation sites (N-methyl/N-ethyl adjacent to an activating group) is 1. The molecule has 3 N–H and O–H groups in total. The van der Waals surface area contributed by atoms with Gasteiger partial charge in [0.2, 0.25) is 0 Å². The molecule has 1 fully saturated rings. The van der Waals surface area contributed by atoms with E-state index in [9.17, 15) is 15.0 Å². The maximum absolute atomic E-state index is 12.7. The Morgan fingerprint density at radius 3 is 2.33 bits per heavy atom. The first-order valence-electron chi connectivity index (χ1n) is 16.7. The Morgan fingerprint density at radius 2 is 1.61 bits per heavy atom. The number of rotatable bonds is 12. The van der Waals surface area contributed by atoms with Crippen LogP contribution in [0.5, 0.6) is 0 Å². The van der Waals surface area contributed by atoms with Crippen LogP contribution in [-0.2, 0) is 22.6 Å². The van der Waals surface area contributed by atoms with Gasteiger partial charge in [0.1, 0.15) is 0 Å². The zero-order valence-electron chi connectivity index (χ0n) is 27.9. The van der Waals surface area contributed by atoms with Crippen molar-refractivity contribution >= 4 is 5.91 Å². The molecule has 8 nitrogen and oxygen atoms in total. The summed E-state index contributed by atoms with van der Waals surface area (Å²) in [6, 6.07) is 37.2. The predicted octanol–water partition coefficient (Wildman–Crippen LogP) is 6.77. The quantitative estimate of drug-likeness (QED) is 0.136. The van der Waals surface area contributed by atoms with Crippen LogP contribution in [0.25, 0.3) is 11.1 Å². The molecule has 0 unspecified atom stereocenters. The Hall–Kier alpha value is -4.70. The summed E-state index contributed by atoms with van der Waals surface area (Å²) in [5.74, 6) is -0.172. The van der Waals surface area contributed by atoms with E-state index < -0.39 is 12.4 Å². The number of carbonyl (C=O) groups is 1. The van der Waals surface area contributed by atoms with Crippen molar-refractivity contribution in [2.45, 2.75) is 57.1 Å². The second kappa shape index (κ2) is 16.1. The molecule has 1 aromatic heterocycles. The van der Waals surface area contributed by atoms with Gasteiger partial charge in [0.05, 0.1) is 30.5 Å². The van der Waals surface area contributed by atoms with Gasteiger partial charge in [-0.3, -0.25) is 14.7 Å². The molecule has 8 heteroatoms. The van der Waals surface area contributed by atoms with Crippen molar-refractivity contribution in [3.8, 4) is 11.1 Å². The number of nitrogens with one attached hydrogen (secondary N) is 1. The van der Waals surface area contributed by atoms with Gasteiger partial charge in [-0.2, -0.15) is 0 Å². The number of pyridine rings is 1. The van der Waals surface area contributed by atoms with Crippen molar-refractivity contribution in [2.75, 3.05) is 13.6 Å². The van der Waals surface area contributed by atoms with Crippen LogP contribution >= 0.6 is 0 Å². The summed E-state index contributed by atoms with van der Waals surface area (Å²) in [7, 11) is 2.01. The summed E-state index contributed by atoms with van der Waals surface area (Å²) in [5.41, 5.74) is 7.21. The fourth-order valence-corrected chi connectivity index (χ4v) is 6.24. The topological polar surface area (TPSA) is 104 Å². The highest BCUT2D eigenvalue weighted by molar-refractivity contribution is 5.93. The van der Waals surface area contributed by atoms with Crippen LogP contribution < -0.4 is 5.32 Å². The minimum atomic E-state index is -0.636. The van der Waals surface area contributed by atoms with E-state index >= 15 is 0 Å². The molecule has 252 valence electrons. The number of carbonyl (C=O) groups excluding carboxylic acids is 1. The number of amides is 1. The number of aliphatic hydroxyl groups is 2. The van der Waals surface area contributed by atoms with Crippen LogP contribution in [-0.4, -0.2) is 51.7 Å². The fraction of sp³-hybridized carbons (Fsp3) is 0.268. The Bertz CT molecular complexity index is 1780. The molecular weight excluding hydrogens is 614 g/mol. The summed E-state index contributed by atoms with van der Waals surface area (Å²) in [4.78, 5) is 18.9. The number of nitrogens with zero attached hydrogens (tertiary/aromatic N) is 2. The maximum Gasteiger partial charge on any atom is 0.253 e. The van der Waals surface area contributed by atoms with Gasteiger partial charge in [-0.05, 0) is 59.5 Å². The van der Waals surface area contributed by atoms with E-state index in [-0.39, 0.29) is 30.8 Å². The molecule has 1 aliphatic rings. The van der Waals surface area contributed by atoms with Crippen molar-refractivity contribution in [3.63, 3.8) is 0 Å². The average Bonchev–Trinajstić information content (AvgIpc) is 3.17. The molecule has 2 heterocycles. The van der Waals surface area contributed by atoms with Crippen LogP contribution in [0.4, 0.5) is 0 Å². The second-order valence-corrected chi connectivity index (χ2v) is 12.6. The highest BCUT2D eigenvalue weighted by atomic mass is 16.7. The first-order valence-corrected chi connectivity index (χ1v) is 16.7. The van der Waals surface area contributed by atoms with Gasteiger partial charge in [0, 0.05) is 43.5 Å². The lowest BCUT2D eigenvalue weighted by atomic mass is 9.97. The van der Waals surface area contributed by atoms with Gasteiger partial charge in [0.15, 0.2) is 6.29 Å². The average molecular weight is 658 g/mol. The van der Waals surface area contributed by atoms with Gasteiger partial charge >= 0.3 is 0 Å². The third-order valence-corrected chi connectivity index (χ3v) is 9.27. The van der Waals surface area contributed by atoms with Gasteiger partial charge in [-0.1, -0.05) is 103 Å². The molecule has 0 bridgehead atoms. The SMILES string of the molecule is C[C@H]([C@@H](O)c1ccccc1)N(C)C[C@@H]1C[C@H](c2ccc(CO)cc2)O[C@H](c2ccc(-c3ccccc3CNC(=O)c3cccnc3)cc2)O1. The minimum Gasteiger partial charge on any atom is -0.392 e. The highest BCUT2D eigenvalue weighted by Crippen LogP contribution is 2.39. The van der Waals surface area contributed by atoms with Gasteiger partial charge in [-0.15, -0.1) is 0 Å². The number of ether oxygens (including phenoxy) is 2. The normalized spacial score (nSPS) is 18.9. The summed E-state index contributed by atoms with van der Waals surface area (Å²) in [6.45, 7) is 3.00. The lowest BCUT2D eigenvalue weighted by molar-refractivity contribution is -0.253. The largest absolute Gasteiger partial charge is 0.392 e. The zero-order valence-corrected chi connectivity index (χ0v) is 27.9. The predicted molar refractivity (Wildman–Crippen MR) is 189 cm³/mol. The van der Waals surface area contributed by atoms with E-state index in [0.717, 1.165) is 38.9 Å². The molecule has 5 atom stereocenters. The van der Waals surface area contributed by atoms with E-state index in [1.165, 1.54) is 0 Å². The number of aliphatic hydroxyl groups excluding tert-OH is 2. The van der Waals surface area contributed by atoms with Crippen molar-refractivity contribution in [1.29, 1.82) is 0 Å². The molecule has 4 aromatic carbocycles. The maximum atomic E-state index is 12.7. The molecule has 1 amide bonds. The third kappa shape index (κ3) is 8.48. The molecule has 1 aliphatic heterocycles. The van der Waals surface area contributed by atoms with E-state index in [2.05, 4.69) is 33.4 Å². The standard InChI is InChI=1S/C41H43N3O5/c1-28(39(46)32-9-4-3-5-10-32)44(2)26-36-23-38(31-16-14-29(27-45)15-17-31)49-41(48-36)33-20-18-30(19-21-33)37-13-7-6-11-34(37)25-43-40(47)35-12-8-22-42-24-35/h3-22,24,28,36,38-39,41,45-46H,23,25-27H2,1-2H3,(H,43,47)/t28-,36+,38-,39-,41-/m1/s1. The van der Waals surface area contributed by atoms with Gasteiger partial charge in [0.25, 0.3) is 5.91 Å². The molecule has 0 radical (unpaired) electrons. The van der Waals surface area contributed by atoms with Crippen LogP contribution in [0.3, 0.4) is 0 Å². The molecule has 6 rings (SSSR count). The molecule has 0 spiro atoms. The number of hydrogen-bond donors (Lipinski definition) is 3. The highest BCUT2D eigenvalue weighted by Gasteiger charge is 2.34. The molecule has 1 saturated heterocycles. The Kier molecular flexibility index (Phi) is 11.3. The van der Waals surface area contributed by atoms with Crippen LogP contribution in [0.2, 0.25) is 0 Å². The molecular formula is C41H43N3O5. The van der Waals surface area contributed by atoms with E-state index in [1.807, 2.05) is 98.9 Å². The van der Waals surface area contributed by atoms with Gasteiger partial charge < -0.3 is 25.0 Å². The lowest BCUT2D eigenvalue weighted by Gasteiger charge is -2.39. The Morgan fingerprint density at radius 1 is 0.898 bits per heavy atom. The number of benzene rings is 4. The molecule has 49 heavy (non-hydrogen) atoms. The lowest BCUT2D eigenvalue weighted by Crippen LogP contribution is -2.43. The summed E-state index contributed by atoms with van der Waals surface area (Å²) < 4.78 is 13.2. The minimum absolute atomic E-state index is 0.0149. The van der Waals surface area contributed by atoms with Crippen molar-refractivity contribution in [1.82, 2.24) is 15.2 Å². The van der Waals surface area contributed by atoms with Crippen molar-refractivity contribution in [2.24, 2.45) is 0 Å². The number of aromatic nitrogens is 1. The monoisotopic (exact) mass is 657 g/mol. The first kappa shape index (κ1) is 34.2. The second-order valence-electron chi connectivity index (χ2n) is 12.6. The van der Waals surface area contributed by atoms with E-state index in [4.69, 9.17) is 9.47 Å². The first-order chi connectivity index (χ1) is 23.9. The summed E-state index contributed by atoms with van der Waals surface area (Å²) in [5, 5.41) is 23.7. The molecule has 0 saturated carbocycles. The Labute approximate surface area is 288 Å². The van der Waals surface area contributed by atoms with Crippen LogP contribution in [0.15, 0.2) is 128 Å². The molecule has 0 aliphatic carbocycles. The van der Waals surface area contributed by atoms with E-state index in [1.54, 1.807) is 24.5 Å². The zero-order chi connectivity index (χ0) is 34.2. The van der Waals surface area contributed by atoms with Gasteiger partial charge in [-0.25, -0.2) is 0 Å². The summed E-state index contributed by atoms with van der Waals surface area (Å²) >= 11 is 0. The smallest absolute Gasteiger partial charge is 0.253 e. The van der Waals surface area contributed by atoms with Crippen LogP contribution in [0, 0.1) is 0 Å². The van der Waals surface area contributed by atoms with Crippen molar-refractivity contribution in [3.05, 3.63) is 161 Å². The summed E-state index contributed by atoms with van der Waals surface area (Å²) in [6.07, 6.45) is 2.22. The molecule has 5 aromatic rings. The van der Waals surface area contributed by atoms with Crippen LogP contribution in [0.1, 0.15) is 70.0 Å². The van der Waals surface area contributed by atoms with E-state index in [0.29, 0.717) is 25.1 Å². The number of hydrogen-bond acceptors (Lipinski definition) is 7. The Balaban J connectivity index is 1.19. The fourth-order valence-electron chi connectivity index (χ4n) is 6.24.